The smallest absolute Gasteiger partial charge is 0.159 e. The highest BCUT2D eigenvalue weighted by Crippen LogP contribution is 2.30. The van der Waals surface area contributed by atoms with E-state index in [9.17, 15) is 0 Å². The molecule has 0 aliphatic carbocycles. The summed E-state index contributed by atoms with van der Waals surface area (Å²) in [4.78, 5) is 8.32. The third-order valence-corrected chi connectivity index (χ3v) is 3.30. The van der Waals surface area contributed by atoms with E-state index in [1.165, 1.54) is 6.33 Å². The lowest BCUT2D eigenvalue weighted by molar-refractivity contribution is 0.630. The fraction of sp³-hybridized carbons (Fsp3) is 0.286. The van der Waals surface area contributed by atoms with E-state index in [-0.39, 0.29) is 5.54 Å². The van der Waals surface area contributed by atoms with E-state index >= 15 is 0 Å². The standard InChI is InChI=1S/C14H17Cl2N5/c1-14(2,3)21-13-11(17)12(18-7-19-13)20-8-4-5-9(15)10(16)6-8/h4-7H,17H2,1-3H3,(H2,18,19,20,21). The van der Waals surface area contributed by atoms with Crippen molar-refractivity contribution in [3.05, 3.63) is 34.6 Å². The lowest BCUT2D eigenvalue weighted by Gasteiger charge is -2.22. The van der Waals surface area contributed by atoms with Crippen LogP contribution in [0.3, 0.4) is 0 Å². The number of aromatic nitrogens is 2. The van der Waals surface area contributed by atoms with E-state index in [4.69, 9.17) is 28.9 Å². The zero-order chi connectivity index (χ0) is 15.6. The minimum atomic E-state index is -0.149. The van der Waals surface area contributed by atoms with Gasteiger partial charge in [0, 0.05) is 11.2 Å². The van der Waals surface area contributed by atoms with Crippen LogP contribution in [0.5, 0.6) is 0 Å². The van der Waals surface area contributed by atoms with Crippen LogP contribution in [0.25, 0.3) is 0 Å². The molecule has 2 rings (SSSR count). The minimum absolute atomic E-state index is 0.149. The monoisotopic (exact) mass is 325 g/mol. The number of benzene rings is 1. The lowest BCUT2D eigenvalue weighted by atomic mass is 10.1. The molecule has 0 fully saturated rings. The second-order valence-electron chi connectivity index (χ2n) is 5.61. The Kier molecular flexibility index (Phi) is 4.44. The predicted molar refractivity (Wildman–Crippen MR) is 89.6 cm³/mol. The maximum absolute atomic E-state index is 6.10. The molecule has 0 unspecified atom stereocenters. The van der Waals surface area contributed by atoms with Crippen LogP contribution in [0, 0.1) is 0 Å². The van der Waals surface area contributed by atoms with E-state index in [0.717, 1.165) is 5.69 Å². The van der Waals surface area contributed by atoms with E-state index in [0.29, 0.717) is 27.4 Å². The molecule has 0 saturated carbocycles. The number of halogens is 2. The summed E-state index contributed by atoms with van der Waals surface area (Å²) in [5.41, 5.74) is 7.14. The molecule has 0 atom stereocenters. The van der Waals surface area contributed by atoms with Crippen molar-refractivity contribution in [2.45, 2.75) is 26.3 Å². The number of nitrogens with zero attached hydrogens (tertiary/aromatic N) is 2. The average Bonchev–Trinajstić information content (AvgIpc) is 2.37. The summed E-state index contributed by atoms with van der Waals surface area (Å²) in [6.45, 7) is 6.09. The van der Waals surface area contributed by atoms with Gasteiger partial charge in [-0.1, -0.05) is 23.2 Å². The number of nitrogen functional groups attached to an aromatic ring is 1. The topological polar surface area (TPSA) is 75.9 Å². The van der Waals surface area contributed by atoms with Crippen molar-refractivity contribution in [3.63, 3.8) is 0 Å². The van der Waals surface area contributed by atoms with Gasteiger partial charge in [-0.2, -0.15) is 0 Å². The van der Waals surface area contributed by atoms with Gasteiger partial charge < -0.3 is 16.4 Å². The molecule has 21 heavy (non-hydrogen) atoms. The fourth-order valence-electron chi connectivity index (χ4n) is 1.66. The zero-order valence-electron chi connectivity index (χ0n) is 12.0. The van der Waals surface area contributed by atoms with Crippen molar-refractivity contribution in [1.29, 1.82) is 0 Å². The van der Waals surface area contributed by atoms with Gasteiger partial charge >= 0.3 is 0 Å². The summed E-state index contributed by atoms with van der Waals surface area (Å²) < 4.78 is 0. The van der Waals surface area contributed by atoms with Gasteiger partial charge in [-0.25, -0.2) is 9.97 Å². The average molecular weight is 326 g/mol. The summed E-state index contributed by atoms with van der Waals surface area (Å²) in [6, 6.07) is 5.22. The molecule has 112 valence electrons. The van der Waals surface area contributed by atoms with Crippen molar-refractivity contribution in [1.82, 2.24) is 9.97 Å². The maximum atomic E-state index is 6.10. The van der Waals surface area contributed by atoms with Gasteiger partial charge in [0.15, 0.2) is 11.6 Å². The molecule has 1 aromatic heterocycles. The molecule has 0 aliphatic heterocycles. The number of rotatable bonds is 3. The zero-order valence-corrected chi connectivity index (χ0v) is 13.5. The van der Waals surface area contributed by atoms with Gasteiger partial charge in [0.2, 0.25) is 0 Å². The van der Waals surface area contributed by atoms with Crippen LogP contribution in [0.1, 0.15) is 20.8 Å². The Hall–Kier alpha value is -1.72. The molecule has 1 aromatic carbocycles. The van der Waals surface area contributed by atoms with E-state index < -0.39 is 0 Å². The van der Waals surface area contributed by atoms with Crippen molar-refractivity contribution >= 4 is 46.2 Å². The normalized spacial score (nSPS) is 11.3. The highest BCUT2D eigenvalue weighted by molar-refractivity contribution is 6.42. The van der Waals surface area contributed by atoms with E-state index in [1.54, 1.807) is 18.2 Å². The second kappa shape index (κ2) is 5.95. The molecule has 0 saturated heterocycles. The Morgan fingerprint density at radius 1 is 1.05 bits per heavy atom. The molecule has 0 aliphatic rings. The van der Waals surface area contributed by atoms with Gasteiger partial charge in [-0.05, 0) is 39.0 Å². The molecule has 0 radical (unpaired) electrons. The van der Waals surface area contributed by atoms with Gasteiger partial charge in [-0.15, -0.1) is 0 Å². The van der Waals surface area contributed by atoms with Crippen LogP contribution < -0.4 is 16.4 Å². The Labute approximate surface area is 133 Å². The largest absolute Gasteiger partial charge is 0.393 e. The third-order valence-electron chi connectivity index (χ3n) is 2.56. The second-order valence-corrected chi connectivity index (χ2v) is 6.43. The van der Waals surface area contributed by atoms with Gasteiger partial charge in [0.05, 0.1) is 10.0 Å². The van der Waals surface area contributed by atoms with Crippen molar-refractivity contribution in [2.75, 3.05) is 16.4 Å². The molecule has 2 aromatic rings. The third kappa shape index (κ3) is 4.12. The molecular formula is C14H17Cl2N5. The number of nitrogens with two attached hydrogens (primary N) is 1. The van der Waals surface area contributed by atoms with Crippen LogP contribution in [0.15, 0.2) is 24.5 Å². The Morgan fingerprint density at radius 3 is 2.33 bits per heavy atom. The highest BCUT2D eigenvalue weighted by atomic mass is 35.5. The van der Waals surface area contributed by atoms with Crippen LogP contribution in [-0.2, 0) is 0 Å². The van der Waals surface area contributed by atoms with Crippen molar-refractivity contribution in [3.8, 4) is 0 Å². The van der Waals surface area contributed by atoms with Gasteiger partial charge in [-0.3, -0.25) is 0 Å². The number of hydrogen-bond donors (Lipinski definition) is 3. The molecule has 0 spiro atoms. The maximum Gasteiger partial charge on any atom is 0.159 e. The molecule has 7 heteroatoms. The van der Waals surface area contributed by atoms with Crippen molar-refractivity contribution < 1.29 is 0 Å². The van der Waals surface area contributed by atoms with Crippen LogP contribution in [0.4, 0.5) is 23.0 Å². The van der Waals surface area contributed by atoms with Crippen LogP contribution >= 0.6 is 23.2 Å². The molecule has 0 amide bonds. The number of anilines is 4. The van der Waals surface area contributed by atoms with Crippen molar-refractivity contribution in [2.24, 2.45) is 0 Å². The summed E-state index contributed by atoms with van der Waals surface area (Å²) >= 11 is 11.9. The highest BCUT2D eigenvalue weighted by Gasteiger charge is 2.15. The molecule has 1 heterocycles. The summed E-state index contributed by atoms with van der Waals surface area (Å²) in [6.07, 6.45) is 1.45. The van der Waals surface area contributed by atoms with E-state index in [1.807, 2.05) is 20.8 Å². The molecule has 5 nitrogen and oxygen atoms in total. The Balaban J connectivity index is 2.28. The van der Waals surface area contributed by atoms with Gasteiger partial charge in [0.25, 0.3) is 0 Å². The van der Waals surface area contributed by atoms with E-state index in [2.05, 4.69) is 20.6 Å². The number of hydrogen-bond acceptors (Lipinski definition) is 5. The molecule has 0 bridgehead atoms. The number of nitrogens with one attached hydrogen (secondary N) is 2. The molecular weight excluding hydrogens is 309 g/mol. The quantitative estimate of drug-likeness (QED) is 0.783. The minimum Gasteiger partial charge on any atom is -0.393 e. The van der Waals surface area contributed by atoms with Crippen LogP contribution in [0.2, 0.25) is 10.0 Å². The summed E-state index contributed by atoms with van der Waals surface area (Å²) in [7, 11) is 0. The first kappa shape index (κ1) is 15.7. The first-order valence-electron chi connectivity index (χ1n) is 6.37. The molecule has 4 N–H and O–H groups in total. The Morgan fingerprint density at radius 2 is 1.71 bits per heavy atom. The first-order chi connectivity index (χ1) is 9.76. The van der Waals surface area contributed by atoms with Gasteiger partial charge in [0.1, 0.15) is 12.0 Å². The van der Waals surface area contributed by atoms with Crippen LogP contribution in [-0.4, -0.2) is 15.5 Å². The summed E-state index contributed by atoms with van der Waals surface area (Å²) in [5.74, 6) is 1.09. The lowest BCUT2D eigenvalue weighted by Crippen LogP contribution is -2.27. The Bertz CT molecular complexity index is 652. The summed E-state index contributed by atoms with van der Waals surface area (Å²) in [5, 5.41) is 7.29. The fourth-order valence-corrected chi connectivity index (χ4v) is 1.96. The first-order valence-corrected chi connectivity index (χ1v) is 7.12. The predicted octanol–water partition coefficient (Wildman–Crippen LogP) is 4.32. The SMILES string of the molecule is CC(C)(C)Nc1ncnc(Nc2ccc(Cl)c(Cl)c2)c1N.